The average Bonchev–Trinajstić information content (AvgIpc) is 3.09. The molecule has 0 fully saturated rings. The molecule has 0 saturated heterocycles. The number of sulfonamides is 1. The van der Waals surface area contributed by atoms with E-state index in [0.717, 1.165) is 9.87 Å². The number of methoxy groups -OCH3 is 2. The van der Waals surface area contributed by atoms with Crippen LogP contribution in [0.4, 0.5) is 5.69 Å². The Morgan fingerprint density at radius 1 is 0.812 bits per heavy atom. The third-order valence-electron chi connectivity index (χ3n) is 7.87. The van der Waals surface area contributed by atoms with E-state index < -0.39 is 28.5 Å². The van der Waals surface area contributed by atoms with E-state index >= 15 is 0 Å². The predicted octanol–water partition coefficient (Wildman–Crippen LogP) is 6.76. The van der Waals surface area contributed by atoms with Crippen molar-refractivity contribution in [2.75, 3.05) is 25.1 Å². The van der Waals surface area contributed by atoms with Gasteiger partial charge in [0.15, 0.2) is 11.5 Å². The molecular formula is C36H39Cl2N3O6S. The van der Waals surface area contributed by atoms with Gasteiger partial charge in [-0.25, -0.2) is 8.42 Å². The summed E-state index contributed by atoms with van der Waals surface area (Å²) >= 11 is 12.3. The monoisotopic (exact) mass is 711 g/mol. The van der Waals surface area contributed by atoms with Gasteiger partial charge in [-0.3, -0.25) is 13.9 Å². The minimum atomic E-state index is -4.37. The number of halogens is 2. The molecule has 254 valence electrons. The lowest BCUT2D eigenvalue weighted by molar-refractivity contribution is -0.140. The van der Waals surface area contributed by atoms with Gasteiger partial charge in [-0.05, 0) is 73.0 Å². The molecule has 4 aromatic rings. The first kappa shape index (κ1) is 36.6. The molecule has 0 saturated carbocycles. The molecule has 0 aromatic heterocycles. The molecule has 9 nitrogen and oxygen atoms in total. The summed E-state index contributed by atoms with van der Waals surface area (Å²) in [7, 11) is -1.52. The van der Waals surface area contributed by atoms with Crippen molar-refractivity contribution in [3.05, 3.63) is 118 Å². The first-order valence-electron chi connectivity index (χ1n) is 15.3. The van der Waals surface area contributed by atoms with Gasteiger partial charge in [-0.1, -0.05) is 72.6 Å². The Hall–Kier alpha value is -4.25. The molecule has 2 atom stereocenters. The van der Waals surface area contributed by atoms with Crippen LogP contribution in [0.15, 0.2) is 102 Å². The molecule has 2 amide bonds. The summed E-state index contributed by atoms with van der Waals surface area (Å²) in [5.41, 5.74) is 1.75. The smallest absolute Gasteiger partial charge is 0.264 e. The van der Waals surface area contributed by atoms with Crippen LogP contribution in [0, 0.1) is 0 Å². The Balaban J connectivity index is 1.82. The maximum absolute atomic E-state index is 14.6. The van der Waals surface area contributed by atoms with Crippen LogP contribution in [0.3, 0.4) is 0 Å². The Morgan fingerprint density at radius 2 is 1.42 bits per heavy atom. The SMILES string of the molecule is CC[C@H](C)NC(=O)[C@H](Cc1ccccc1)N(Cc1ccc(Cl)cc1)C(=O)CN(c1ccc(Cl)cc1)S(=O)(=O)c1ccc(OC)c(OC)c1. The Bertz CT molecular complexity index is 1790. The molecule has 1 N–H and O–H groups in total. The number of ether oxygens (including phenoxy) is 2. The van der Waals surface area contributed by atoms with E-state index in [1.165, 1.54) is 49.5 Å². The maximum Gasteiger partial charge on any atom is 0.264 e. The van der Waals surface area contributed by atoms with Crippen molar-refractivity contribution in [3.63, 3.8) is 0 Å². The lowest BCUT2D eigenvalue weighted by atomic mass is 10.0. The molecule has 0 aliphatic carbocycles. The molecule has 0 aliphatic heterocycles. The second-order valence-corrected chi connectivity index (χ2v) is 13.9. The highest BCUT2D eigenvalue weighted by molar-refractivity contribution is 7.92. The zero-order valence-electron chi connectivity index (χ0n) is 27.2. The zero-order valence-corrected chi connectivity index (χ0v) is 29.6. The maximum atomic E-state index is 14.6. The second kappa shape index (κ2) is 16.7. The van der Waals surface area contributed by atoms with Gasteiger partial charge >= 0.3 is 0 Å². The summed E-state index contributed by atoms with van der Waals surface area (Å²) < 4.78 is 40.4. The average molecular weight is 713 g/mol. The van der Waals surface area contributed by atoms with E-state index in [9.17, 15) is 18.0 Å². The van der Waals surface area contributed by atoms with Gasteiger partial charge in [0, 0.05) is 35.1 Å². The zero-order chi connectivity index (χ0) is 34.8. The van der Waals surface area contributed by atoms with Gasteiger partial charge in [-0.2, -0.15) is 0 Å². The molecule has 0 radical (unpaired) electrons. The number of anilines is 1. The second-order valence-electron chi connectivity index (χ2n) is 11.2. The molecule has 0 heterocycles. The highest BCUT2D eigenvalue weighted by Gasteiger charge is 2.35. The molecule has 4 aromatic carbocycles. The number of benzene rings is 4. The largest absolute Gasteiger partial charge is 0.493 e. The number of nitrogens with zero attached hydrogens (tertiary/aromatic N) is 2. The topological polar surface area (TPSA) is 105 Å². The summed E-state index contributed by atoms with van der Waals surface area (Å²) in [6.07, 6.45) is 0.884. The number of amides is 2. The number of nitrogens with one attached hydrogen (secondary N) is 1. The molecule has 0 unspecified atom stereocenters. The fourth-order valence-corrected chi connectivity index (χ4v) is 6.70. The summed E-state index contributed by atoms with van der Waals surface area (Å²) in [6, 6.07) is 25.5. The van der Waals surface area contributed by atoms with E-state index in [4.69, 9.17) is 32.7 Å². The van der Waals surface area contributed by atoms with E-state index in [1.54, 1.807) is 36.4 Å². The minimum absolute atomic E-state index is 0.0201. The number of hydrogen-bond donors (Lipinski definition) is 1. The van der Waals surface area contributed by atoms with Gasteiger partial charge in [0.25, 0.3) is 10.0 Å². The third-order valence-corrected chi connectivity index (χ3v) is 10.1. The van der Waals surface area contributed by atoms with Crippen LogP contribution < -0.4 is 19.1 Å². The van der Waals surface area contributed by atoms with Crippen molar-refractivity contribution < 1.29 is 27.5 Å². The van der Waals surface area contributed by atoms with Crippen LogP contribution in [0.1, 0.15) is 31.4 Å². The highest BCUT2D eigenvalue weighted by atomic mass is 35.5. The van der Waals surface area contributed by atoms with Crippen molar-refractivity contribution in [3.8, 4) is 11.5 Å². The fourth-order valence-electron chi connectivity index (χ4n) is 5.02. The predicted molar refractivity (Wildman–Crippen MR) is 189 cm³/mol. The fraction of sp³-hybridized carbons (Fsp3) is 0.278. The molecule has 0 bridgehead atoms. The van der Waals surface area contributed by atoms with Gasteiger partial charge in [0.2, 0.25) is 11.8 Å². The van der Waals surface area contributed by atoms with Crippen molar-refractivity contribution >= 4 is 50.7 Å². The standard InChI is InChI=1S/C36H39Cl2N3O6S/c1-5-25(2)39-36(43)32(21-26-9-7-6-8-10-26)40(23-27-11-13-28(37)14-12-27)35(42)24-41(30-17-15-29(38)16-18-30)48(44,45)31-19-20-33(46-3)34(22-31)47-4/h6-20,22,25,32H,5,21,23-24H2,1-4H3,(H,39,43)/t25-,32-/m0/s1. The number of rotatable bonds is 15. The van der Waals surface area contributed by atoms with Crippen molar-refractivity contribution in [2.45, 2.75) is 50.2 Å². The van der Waals surface area contributed by atoms with Crippen LogP contribution in [0.25, 0.3) is 0 Å². The highest BCUT2D eigenvalue weighted by Crippen LogP contribution is 2.33. The first-order valence-corrected chi connectivity index (χ1v) is 17.5. The molecule has 0 spiro atoms. The van der Waals surface area contributed by atoms with Crippen LogP contribution in [0.2, 0.25) is 10.0 Å². The van der Waals surface area contributed by atoms with Gasteiger partial charge in [0.05, 0.1) is 24.8 Å². The molecular weight excluding hydrogens is 673 g/mol. The van der Waals surface area contributed by atoms with Gasteiger partial charge in [-0.15, -0.1) is 0 Å². The molecule has 0 aliphatic rings. The lowest BCUT2D eigenvalue weighted by Gasteiger charge is -2.34. The van der Waals surface area contributed by atoms with Crippen LogP contribution in [-0.4, -0.2) is 58.0 Å². The van der Waals surface area contributed by atoms with Gasteiger partial charge < -0.3 is 19.7 Å². The Kier molecular flexibility index (Phi) is 12.7. The van der Waals surface area contributed by atoms with Crippen LogP contribution in [0.5, 0.6) is 11.5 Å². The Morgan fingerprint density at radius 3 is 2.00 bits per heavy atom. The normalized spacial score (nSPS) is 12.5. The number of hydrogen-bond acceptors (Lipinski definition) is 6. The van der Waals surface area contributed by atoms with Crippen molar-refractivity contribution in [1.29, 1.82) is 0 Å². The van der Waals surface area contributed by atoms with Crippen LogP contribution in [-0.2, 0) is 32.6 Å². The Labute approximate surface area is 292 Å². The molecule has 4 rings (SSSR count). The van der Waals surface area contributed by atoms with Gasteiger partial charge in [0.1, 0.15) is 12.6 Å². The van der Waals surface area contributed by atoms with E-state index in [2.05, 4.69) is 5.32 Å². The number of carbonyl (C=O) groups excluding carboxylic acids is 2. The minimum Gasteiger partial charge on any atom is -0.493 e. The summed E-state index contributed by atoms with van der Waals surface area (Å²) in [5, 5.41) is 3.93. The van der Waals surface area contributed by atoms with Crippen molar-refractivity contribution in [1.82, 2.24) is 10.2 Å². The summed E-state index contributed by atoms with van der Waals surface area (Å²) in [4.78, 5) is 29.9. The summed E-state index contributed by atoms with van der Waals surface area (Å²) in [6.45, 7) is 3.25. The molecule has 12 heteroatoms. The quantitative estimate of drug-likeness (QED) is 0.146. The number of carbonyl (C=O) groups is 2. The lowest BCUT2D eigenvalue weighted by Crippen LogP contribution is -2.54. The van der Waals surface area contributed by atoms with Crippen molar-refractivity contribution in [2.24, 2.45) is 0 Å². The van der Waals surface area contributed by atoms with Crippen LogP contribution >= 0.6 is 23.2 Å². The van der Waals surface area contributed by atoms with E-state index in [0.29, 0.717) is 27.8 Å². The third kappa shape index (κ3) is 9.21. The molecule has 48 heavy (non-hydrogen) atoms. The van der Waals surface area contributed by atoms with E-state index in [1.807, 2.05) is 44.2 Å². The van der Waals surface area contributed by atoms with E-state index in [-0.39, 0.29) is 41.2 Å². The summed E-state index contributed by atoms with van der Waals surface area (Å²) in [5.74, 6) is -0.397. The first-order chi connectivity index (χ1) is 23.0.